The quantitative estimate of drug-likeness (QED) is 0.721. The average Bonchev–Trinajstić information content (AvgIpc) is 2.71. The zero-order valence-electron chi connectivity index (χ0n) is 10.4. The lowest BCUT2D eigenvalue weighted by atomic mass is 10.1. The number of imidazole rings is 1. The van der Waals surface area contributed by atoms with Crippen molar-refractivity contribution in [2.75, 3.05) is 0 Å². The molecule has 2 heterocycles. The number of halogens is 1. The lowest BCUT2D eigenvalue weighted by molar-refractivity contribution is 0.800. The predicted octanol–water partition coefficient (Wildman–Crippen LogP) is 4.10. The van der Waals surface area contributed by atoms with Crippen LogP contribution in [0.5, 0.6) is 0 Å². The Morgan fingerprint density at radius 2 is 2.21 bits per heavy atom. The van der Waals surface area contributed by atoms with E-state index in [4.69, 9.17) is 23.8 Å². The maximum Gasteiger partial charge on any atom is 0.178 e. The molecule has 0 atom stereocenters. The second-order valence-electron chi connectivity index (χ2n) is 4.45. The highest BCUT2D eigenvalue weighted by Gasteiger charge is 2.08. The number of para-hydroxylation sites is 1. The molecule has 1 N–H and O–H groups in total. The number of hydrogen-bond acceptors (Lipinski definition) is 2. The van der Waals surface area contributed by atoms with E-state index in [0.29, 0.717) is 16.3 Å². The van der Waals surface area contributed by atoms with Crippen molar-refractivity contribution in [2.45, 2.75) is 13.5 Å². The van der Waals surface area contributed by atoms with Crippen molar-refractivity contribution in [3.63, 3.8) is 0 Å². The van der Waals surface area contributed by atoms with Gasteiger partial charge in [0.2, 0.25) is 0 Å². The lowest BCUT2D eigenvalue weighted by Gasteiger charge is -2.07. The number of aromatic amines is 1. The maximum atomic E-state index is 6.17. The second kappa shape index (κ2) is 4.79. The summed E-state index contributed by atoms with van der Waals surface area (Å²) in [5.74, 6) is 0. The molecule has 0 saturated heterocycles. The SMILES string of the molecule is Cc1ccncc1Cn1c(=S)[nH]c2c(Cl)cccc21. The summed E-state index contributed by atoms with van der Waals surface area (Å²) >= 11 is 11.6. The van der Waals surface area contributed by atoms with Crippen molar-refractivity contribution in [3.05, 3.63) is 57.6 Å². The van der Waals surface area contributed by atoms with Crippen LogP contribution in [-0.2, 0) is 6.54 Å². The van der Waals surface area contributed by atoms with Crippen LogP contribution in [0.15, 0.2) is 36.7 Å². The Morgan fingerprint density at radius 1 is 1.37 bits per heavy atom. The van der Waals surface area contributed by atoms with Crippen molar-refractivity contribution in [1.82, 2.24) is 14.5 Å². The van der Waals surface area contributed by atoms with Crippen molar-refractivity contribution < 1.29 is 0 Å². The van der Waals surface area contributed by atoms with E-state index >= 15 is 0 Å². The zero-order valence-corrected chi connectivity index (χ0v) is 11.9. The van der Waals surface area contributed by atoms with Gasteiger partial charge in [0.05, 0.1) is 22.6 Å². The molecule has 19 heavy (non-hydrogen) atoms. The first-order valence-electron chi connectivity index (χ1n) is 5.93. The normalized spacial score (nSPS) is 11.1. The molecule has 96 valence electrons. The van der Waals surface area contributed by atoms with Crippen LogP contribution >= 0.6 is 23.8 Å². The Hall–Kier alpha value is -1.65. The van der Waals surface area contributed by atoms with E-state index in [9.17, 15) is 0 Å². The summed E-state index contributed by atoms with van der Waals surface area (Å²) < 4.78 is 2.71. The van der Waals surface area contributed by atoms with Crippen LogP contribution < -0.4 is 0 Å². The van der Waals surface area contributed by atoms with Gasteiger partial charge >= 0.3 is 0 Å². The number of H-pyrrole nitrogens is 1. The average molecular weight is 290 g/mol. The van der Waals surface area contributed by atoms with E-state index in [-0.39, 0.29) is 0 Å². The largest absolute Gasteiger partial charge is 0.329 e. The first kappa shape index (κ1) is 12.4. The van der Waals surface area contributed by atoms with Gasteiger partial charge in [0.25, 0.3) is 0 Å². The van der Waals surface area contributed by atoms with Gasteiger partial charge in [-0.05, 0) is 48.5 Å². The molecule has 3 rings (SSSR count). The van der Waals surface area contributed by atoms with E-state index in [2.05, 4.69) is 16.9 Å². The standard InChI is InChI=1S/C14H12ClN3S/c1-9-5-6-16-7-10(9)8-18-12-4-2-3-11(15)13(12)17-14(18)19/h2-7H,8H2,1H3,(H,17,19). The molecule has 0 amide bonds. The summed E-state index contributed by atoms with van der Waals surface area (Å²) in [6.07, 6.45) is 3.67. The van der Waals surface area contributed by atoms with Gasteiger partial charge < -0.3 is 9.55 Å². The van der Waals surface area contributed by atoms with Gasteiger partial charge in [-0.1, -0.05) is 17.7 Å². The third-order valence-electron chi connectivity index (χ3n) is 3.24. The van der Waals surface area contributed by atoms with E-state index < -0.39 is 0 Å². The number of hydrogen-bond donors (Lipinski definition) is 1. The molecule has 0 fully saturated rings. The minimum Gasteiger partial charge on any atom is -0.329 e. The van der Waals surface area contributed by atoms with Crippen LogP contribution in [0.4, 0.5) is 0 Å². The fourth-order valence-corrected chi connectivity index (χ4v) is 2.62. The first-order chi connectivity index (χ1) is 9.16. The molecule has 3 aromatic rings. The van der Waals surface area contributed by atoms with Crippen LogP contribution in [0.3, 0.4) is 0 Å². The third-order valence-corrected chi connectivity index (χ3v) is 3.87. The van der Waals surface area contributed by atoms with Crippen molar-refractivity contribution in [3.8, 4) is 0 Å². The Balaban J connectivity index is 2.16. The number of aromatic nitrogens is 3. The minimum atomic E-state index is 0.673. The summed E-state index contributed by atoms with van der Waals surface area (Å²) in [6, 6.07) is 7.80. The van der Waals surface area contributed by atoms with E-state index in [1.807, 2.05) is 35.0 Å². The summed E-state index contributed by atoms with van der Waals surface area (Å²) in [5, 5.41) is 0.685. The Bertz CT molecular complexity index is 804. The van der Waals surface area contributed by atoms with Crippen molar-refractivity contribution >= 4 is 34.9 Å². The smallest absolute Gasteiger partial charge is 0.178 e. The molecular formula is C14H12ClN3S. The van der Waals surface area contributed by atoms with Crippen LogP contribution in [0.1, 0.15) is 11.1 Å². The Morgan fingerprint density at radius 3 is 3.00 bits per heavy atom. The monoisotopic (exact) mass is 289 g/mol. The van der Waals surface area contributed by atoms with E-state index in [0.717, 1.165) is 16.6 Å². The molecular weight excluding hydrogens is 278 g/mol. The number of nitrogens with zero attached hydrogens (tertiary/aromatic N) is 2. The Labute approximate surface area is 120 Å². The highest BCUT2D eigenvalue weighted by molar-refractivity contribution is 7.71. The van der Waals surface area contributed by atoms with Gasteiger partial charge in [-0.3, -0.25) is 4.98 Å². The number of fused-ring (bicyclic) bond motifs is 1. The highest BCUT2D eigenvalue weighted by Crippen LogP contribution is 2.23. The number of benzene rings is 1. The predicted molar refractivity (Wildman–Crippen MR) is 80.2 cm³/mol. The molecule has 5 heteroatoms. The minimum absolute atomic E-state index is 0.673. The van der Waals surface area contributed by atoms with Crippen LogP contribution in [-0.4, -0.2) is 14.5 Å². The van der Waals surface area contributed by atoms with E-state index in [1.54, 1.807) is 6.20 Å². The molecule has 0 spiro atoms. The van der Waals surface area contributed by atoms with Gasteiger partial charge in [0.15, 0.2) is 4.77 Å². The van der Waals surface area contributed by atoms with Gasteiger partial charge in [-0.2, -0.15) is 0 Å². The first-order valence-corrected chi connectivity index (χ1v) is 6.72. The van der Waals surface area contributed by atoms with Crippen LogP contribution in [0.2, 0.25) is 5.02 Å². The number of rotatable bonds is 2. The number of nitrogens with one attached hydrogen (secondary N) is 1. The van der Waals surface area contributed by atoms with Gasteiger partial charge in [-0.15, -0.1) is 0 Å². The van der Waals surface area contributed by atoms with E-state index in [1.165, 1.54) is 5.56 Å². The highest BCUT2D eigenvalue weighted by atomic mass is 35.5. The number of pyridine rings is 1. The van der Waals surface area contributed by atoms with Crippen molar-refractivity contribution in [1.29, 1.82) is 0 Å². The topological polar surface area (TPSA) is 33.6 Å². The molecule has 0 aliphatic heterocycles. The molecule has 1 aromatic carbocycles. The molecule has 0 radical (unpaired) electrons. The van der Waals surface area contributed by atoms with Gasteiger partial charge in [0.1, 0.15) is 0 Å². The van der Waals surface area contributed by atoms with Gasteiger partial charge in [-0.25, -0.2) is 0 Å². The molecule has 0 aliphatic carbocycles. The molecule has 2 aromatic heterocycles. The van der Waals surface area contributed by atoms with Crippen LogP contribution in [0, 0.1) is 11.7 Å². The fraction of sp³-hybridized carbons (Fsp3) is 0.143. The molecule has 3 nitrogen and oxygen atoms in total. The fourth-order valence-electron chi connectivity index (χ4n) is 2.13. The number of aryl methyl sites for hydroxylation is 1. The summed E-state index contributed by atoms with van der Waals surface area (Å²) in [7, 11) is 0. The summed E-state index contributed by atoms with van der Waals surface area (Å²) in [5.41, 5.74) is 4.25. The molecule has 0 aliphatic rings. The Kier molecular flexibility index (Phi) is 3.12. The zero-order chi connectivity index (χ0) is 13.4. The van der Waals surface area contributed by atoms with Gasteiger partial charge in [0, 0.05) is 12.4 Å². The van der Waals surface area contributed by atoms with Crippen LogP contribution in [0.25, 0.3) is 11.0 Å². The molecule has 0 bridgehead atoms. The summed E-state index contributed by atoms with van der Waals surface area (Å²) in [4.78, 5) is 7.33. The summed E-state index contributed by atoms with van der Waals surface area (Å²) in [6.45, 7) is 2.77. The lowest BCUT2D eigenvalue weighted by Crippen LogP contribution is -2.02. The van der Waals surface area contributed by atoms with Crippen molar-refractivity contribution in [2.24, 2.45) is 0 Å². The second-order valence-corrected chi connectivity index (χ2v) is 5.25. The maximum absolute atomic E-state index is 6.17. The third kappa shape index (κ3) is 2.17. The molecule has 0 saturated carbocycles. The molecule has 0 unspecified atom stereocenters.